The average Bonchev–Trinajstić information content (AvgIpc) is 3.40. The molecule has 144 valence electrons. The number of rotatable bonds is 7. The number of aromatic nitrogens is 1. The Morgan fingerprint density at radius 3 is 2.96 bits per heavy atom. The Morgan fingerprint density at radius 1 is 1.52 bits per heavy atom. The first kappa shape index (κ1) is 19.6. The fraction of sp³-hybridized carbons (Fsp3) is 0.500. The van der Waals surface area contributed by atoms with Crippen LogP contribution in [-0.4, -0.2) is 29.7 Å². The first-order valence-corrected chi connectivity index (χ1v) is 10.2. The number of hydrogen-bond donors (Lipinski definition) is 2. The molecule has 0 saturated carbocycles. The Kier molecular flexibility index (Phi) is 6.32. The molecule has 1 aliphatic rings. The Bertz CT molecular complexity index is 829. The quantitative estimate of drug-likeness (QED) is 0.763. The summed E-state index contributed by atoms with van der Waals surface area (Å²) in [5, 5.41) is 17.8. The van der Waals surface area contributed by atoms with Crippen molar-refractivity contribution in [3.05, 3.63) is 39.2 Å². The largest absolute Gasteiger partial charge is 0.376 e. The molecular weight excluding hydrogens is 360 g/mol. The van der Waals surface area contributed by atoms with Gasteiger partial charge in [0.25, 0.3) is 0 Å². The van der Waals surface area contributed by atoms with Crippen LogP contribution in [0.3, 0.4) is 0 Å². The molecule has 1 saturated heterocycles. The lowest BCUT2D eigenvalue weighted by Crippen LogP contribution is -2.31. The monoisotopic (exact) mass is 386 g/mol. The molecule has 1 fully saturated rings. The molecule has 2 aromatic heterocycles. The van der Waals surface area contributed by atoms with Crippen molar-refractivity contribution in [2.45, 2.75) is 52.3 Å². The van der Waals surface area contributed by atoms with E-state index >= 15 is 0 Å². The standard InChI is InChI=1S/C20H26N4O2S/c1-13-15(3)24(12-16-6-4-8-26-16)20(17(13)10-21)23-19(25)11-22-14(2)18-7-5-9-27-18/h5,7,9,14,16,22H,4,6,8,11-12H2,1-3H3,(H,23,25). The SMILES string of the molecule is Cc1c(C#N)c(NC(=O)CNC(C)c2cccs2)n(CC2CCCO2)c1C. The molecule has 0 aliphatic carbocycles. The van der Waals surface area contributed by atoms with Crippen molar-refractivity contribution in [2.24, 2.45) is 0 Å². The molecule has 2 aromatic rings. The third-order valence-electron chi connectivity index (χ3n) is 5.15. The van der Waals surface area contributed by atoms with Gasteiger partial charge in [-0.05, 0) is 50.6 Å². The lowest BCUT2D eigenvalue weighted by Gasteiger charge is -2.17. The predicted molar refractivity (Wildman–Crippen MR) is 107 cm³/mol. The predicted octanol–water partition coefficient (Wildman–Crippen LogP) is 3.51. The van der Waals surface area contributed by atoms with E-state index in [0.29, 0.717) is 17.9 Å². The highest BCUT2D eigenvalue weighted by Crippen LogP contribution is 2.28. The molecule has 0 radical (unpaired) electrons. The lowest BCUT2D eigenvalue weighted by atomic mass is 10.2. The Morgan fingerprint density at radius 2 is 2.33 bits per heavy atom. The van der Waals surface area contributed by atoms with Crippen molar-refractivity contribution in [3.63, 3.8) is 0 Å². The Balaban J connectivity index is 1.71. The second kappa shape index (κ2) is 8.70. The summed E-state index contributed by atoms with van der Waals surface area (Å²) < 4.78 is 7.77. The molecule has 2 N–H and O–H groups in total. The zero-order valence-electron chi connectivity index (χ0n) is 16.0. The van der Waals surface area contributed by atoms with Crippen molar-refractivity contribution in [2.75, 3.05) is 18.5 Å². The summed E-state index contributed by atoms with van der Waals surface area (Å²) in [7, 11) is 0. The van der Waals surface area contributed by atoms with E-state index in [1.807, 2.05) is 42.9 Å². The number of ether oxygens (including phenoxy) is 1. The maximum atomic E-state index is 12.5. The number of carbonyl (C=O) groups is 1. The van der Waals surface area contributed by atoms with E-state index in [9.17, 15) is 10.1 Å². The fourth-order valence-corrected chi connectivity index (χ4v) is 4.17. The van der Waals surface area contributed by atoms with Gasteiger partial charge in [0.05, 0.1) is 24.8 Å². The highest BCUT2D eigenvalue weighted by molar-refractivity contribution is 7.10. The van der Waals surface area contributed by atoms with Crippen LogP contribution in [-0.2, 0) is 16.1 Å². The van der Waals surface area contributed by atoms with Gasteiger partial charge in [0, 0.05) is 23.2 Å². The van der Waals surface area contributed by atoms with Crippen molar-refractivity contribution < 1.29 is 9.53 Å². The number of nitrogens with zero attached hydrogens (tertiary/aromatic N) is 2. The summed E-state index contributed by atoms with van der Waals surface area (Å²) in [6.45, 7) is 7.57. The summed E-state index contributed by atoms with van der Waals surface area (Å²) >= 11 is 1.66. The summed E-state index contributed by atoms with van der Waals surface area (Å²) in [5.74, 6) is 0.430. The summed E-state index contributed by atoms with van der Waals surface area (Å²) in [4.78, 5) is 13.7. The molecule has 3 heterocycles. The second-order valence-corrected chi connectivity index (χ2v) is 7.94. The molecule has 7 heteroatoms. The first-order valence-electron chi connectivity index (χ1n) is 9.29. The van der Waals surface area contributed by atoms with Crippen LogP contribution < -0.4 is 10.6 Å². The van der Waals surface area contributed by atoms with E-state index in [1.54, 1.807) is 11.3 Å². The van der Waals surface area contributed by atoms with Crippen LogP contribution in [0, 0.1) is 25.2 Å². The average molecular weight is 387 g/mol. The number of nitriles is 1. The molecule has 1 aliphatic heterocycles. The van der Waals surface area contributed by atoms with E-state index in [1.165, 1.54) is 4.88 Å². The van der Waals surface area contributed by atoms with Crippen LogP contribution in [0.1, 0.15) is 47.5 Å². The molecule has 2 unspecified atom stereocenters. The maximum absolute atomic E-state index is 12.5. The minimum atomic E-state index is -0.152. The zero-order valence-corrected chi connectivity index (χ0v) is 16.9. The van der Waals surface area contributed by atoms with Crippen LogP contribution in [0.4, 0.5) is 5.82 Å². The van der Waals surface area contributed by atoms with Gasteiger partial charge in [-0.1, -0.05) is 6.07 Å². The number of amides is 1. The van der Waals surface area contributed by atoms with Gasteiger partial charge < -0.3 is 19.9 Å². The van der Waals surface area contributed by atoms with Crippen LogP contribution in [0.2, 0.25) is 0 Å². The number of hydrogen-bond acceptors (Lipinski definition) is 5. The topological polar surface area (TPSA) is 79.1 Å². The summed E-state index contributed by atoms with van der Waals surface area (Å²) in [5.41, 5.74) is 2.44. The van der Waals surface area contributed by atoms with E-state index in [4.69, 9.17) is 4.74 Å². The van der Waals surface area contributed by atoms with Gasteiger partial charge in [0.2, 0.25) is 5.91 Å². The molecule has 0 aromatic carbocycles. The van der Waals surface area contributed by atoms with Gasteiger partial charge in [-0.3, -0.25) is 4.79 Å². The normalized spacial score (nSPS) is 17.6. The molecule has 6 nitrogen and oxygen atoms in total. The van der Waals surface area contributed by atoms with Gasteiger partial charge >= 0.3 is 0 Å². The van der Waals surface area contributed by atoms with E-state index in [-0.39, 0.29) is 24.6 Å². The van der Waals surface area contributed by atoms with E-state index in [0.717, 1.165) is 30.7 Å². The van der Waals surface area contributed by atoms with Gasteiger partial charge in [-0.2, -0.15) is 5.26 Å². The van der Waals surface area contributed by atoms with Crippen LogP contribution in [0.5, 0.6) is 0 Å². The van der Waals surface area contributed by atoms with Gasteiger partial charge in [0.15, 0.2) is 0 Å². The fourth-order valence-electron chi connectivity index (χ4n) is 3.41. The first-order chi connectivity index (χ1) is 13.0. The minimum Gasteiger partial charge on any atom is -0.376 e. The summed E-state index contributed by atoms with van der Waals surface area (Å²) in [6, 6.07) is 6.40. The van der Waals surface area contributed by atoms with Crippen LogP contribution in [0.15, 0.2) is 17.5 Å². The van der Waals surface area contributed by atoms with Gasteiger partial charge in [0.1, 0.15) is 11.9 Å². The summed E-state index contributed by atoms with van der Waals surface area (Å²) in [6.07, 6.45) is 2.20. The van der Waals surface area contributed by atoms with Crippen molar-refractivity contribution in [1.29, 1.82) is 5.26 Å². The Labute approximate surface area is 164 Å². The maximum Gasteiger partial charge on any atom is 0.239 e. The zero-order chi connectivity index (χ0) is 19.4. The Hall–Kier alpha value is -2.14. The second-order valence-electron chi connectivity index (χ2n) is 6.96. The van der Waals surface area contributed by atoms with Crippen molar-refractivity contribution >= 4 is 23.1 Å². The van der Waals surface area contributed by atoms with Crippen molar-refractivity contribution in [1.82, 2.24) is 9.88 Å². The van der Waals surface area contributed by atoms with E-state index in [2.05, 4.69) is 16.7 Å². The molecule has 0 spiro atoms. The van der Waals surface area contributed by atoms with Crippen LogP contribution in [0.25, 0.3) is 0 Å². The minimum absolute atomic E-state index is 0.105. The molecule has 0 bridgehead atoms. The highest BCUT2D eigenvalue weighted by atomic mass is 32.1. The molecule has 3 rings (SSSR count). The van der Waals surface area contributed by atoms with E-state index < -0.39 is 0 Å². The third kappa shape index (κ3) is 4.41. The molecule has 1 amide bonds. The lowest BCUT2D eigenvalue weighted by molar-refractivity contribution is -0.115. The molecular formula is C20H26N4O2S. The molecule has 27 heavy (non-hydrogen) atoms. The van der Waals surface area contributed by atoms with Gasteiger partial charge in [-0.25, -0.2) is 0 Å². The molecule has 2 atom stereocenters. The smallest absolute Gasteiger partial charge is 0.239 e. The van der Waals surface area contributed by atoms with Gasteiger partial charge in [-0.15, -0.1) is 11.3 Å². The number of nitrogens with one attached hydrogen (secondary N) is 2. The number of thiophene rings is 1. The van der Waals surface area contributed by atoms with Crippen LogP contribution >= 0.6 is 11.3 Å². The number of anilines is 1. The number of carbonyl (C=O) groups excluding carboxylic acids is 1. The van der Waals surface area contributed by atoms with Crippen molar-refractivity contribution in [3.8, 4) is 6.07 Å². The third-order valence-corrected chi connectivity index (χ3v) is 6.20. The highest BCUT2D eigenvalue weighted by Gasteiger charge is 2.24.